The molecular formula is C20H17F3N4O3. The fourth-order valence-electron chi connectivity index (χ4n) is 2.61. The molecule has 0 fully saturated rings. The Labute approximate surface area is 168 Å². The molecule has 0 aliphatic carbocycles. The molecule has 2 heterocycles. The first kappa shape index (κ1) is 21.2. The molecule has 1 unspecified atom stereocenters. The molecule has 3 rings (SSSR count). The molecule has 7 nitrogen and oxygen atoms in total. The number of aromatic nitrogens is 3. The Morgan fingerprint density at radius 3 is 2.60 bits per heavy atom. The molecular weight excluding hydrogens is 401 g/mol. The van der Waals surface area contributed by atoms with E-state index in [0.717, 1.165) is 23.0 Å². The topological polar surface area (TPSA) is 97.1 Å². The van der Waals surface area contributed by atoms with E-state index in [-0.39, 0.29) is 29.1 Å². The van der Waals surface area contributed by atoms with Gasteiger partial charge in [0.2, 0.25) is 0 Å². The van der Waals surface area contributed by atoms with Gasteiger partial charge in [0, 0.05) is 17.8 Å². The molecule has 2 N–H and O–H groups in total. The molecule has 0 bridgehead atoms. The van der Waals surface area contributed by atoms with Crippen LogP contribution in [0.5, 0.6) is 0 Å². The van der Waals surface area contributed by atoms with Gasteiger partial charge in [-0.25, -0.2) is 13.2 Å². The summed E-state index contributed by atoms with van der Waals surface area (Å²) in [6.07, 6.45) is -1.61. The summed E-state index contributed by atoms with van der Waals surface area (Å²) >= 11 is 0. The van der Waals surface area contributed by atoms with Crippen LogP contribution >= 0.6 is 0 Å². The van der Waals surface area contributed by atoms with Crippen LogP contribution in [0.4, 0.5) is 13.2 Å². The van der Waals surface area contributed by atoms with E-state index in [0.29, 0.717) is 0 Å². The first-order valence-electron chi connectivity index (χ1n) is 8.86. The summed E-state index contributed by atoms with van der Waals surface area (Å²) in [6, 6.07) is 8.05. The third-order valence-corrected chi connectivity index (χ3v) is 4.17. The van der Waals surface area contributed by atoms with Crippen LogP contribution in [0, 0.1) is 5.82 Å². The van der Waals surface area contributed by atoms with Crippen molar-refractivity contribution >= 4 is 5.91 Å². The second kappa shape index (κ2) is 8.87. The van der Waals surface area contributed by atoms with E-state index in [4.69, 9.17) is 5.11 Å². The number of amides is 1. The van der Waals surface area contributed by atoms with E-state index in [1.165, 1.54) is 37.3 Å². The van der Waals surface area contributed by atoms with E-state index in [9.17, 15) is 22.8 Å². The van der Waals surface area contributed by atoms with Crippen molar-refractivity contribution in [2.75, 3.05) is 6.61 Å². The summed E-state index contributed by atoms with van der Waals surface area (Å²) in [5.41, 5.74) is -1.13. The van der Waals surface area contributed by atoms with Gasteiger partial charge < -0.3 is 10.4 Å². The minimum absolute atomic E-state index is 0.0725. The maximum atomic E-state index is 13.7. The second-order valence-electron chi connectivity index (χ2n) is 6.47. The Morgan fingerprint density at radius 2 is 2.00 bits per heavy atom. The molecule has 1 amide bonds. The summed E-state index contributed by atoms with van der Waals surface area (Å²) in [5, 5.41) is 15.8. The maximum Gasteiger partial charge on any atom is 0.284 e. The van der Waals surface area contributed by atoms with E-state index in [1.807, 2.05) is 0 Å². The van der Waals surface area contributed by atoms with Crippen LogP contribution in [0.25, 0.3) is 16.9 Å². The number of aliphatic hydroxyl groups is 1. The molecule has 0 radical (unpaired) electrons. The van der Waals surface area contributed by atoms with Gasteiger partial charge in [0.15, 0.2) is 0 Å². The highest BCUT2D eigenvalue weighted by Crippen LogP contribution is 2.21. The van der Waals surface area contributed by atoms with Gasteiger partial charge in [-0.3, -0.25) is 14.6 Å². The number of halogens is 3. The first-order valence-corrected chi connectivity index (χ1v) is 8.86. The van der Waals surface area contributed by atoms with Crippen molar-refractivity contribution in [1.29, 1.82) is 0 Å². The Hall–Kier alpha value is -3.53. The molecule has 0 saturated carbocycles. The highest BCUT2D eigenvalue weighted by atomic mass is 19.3. The average Bonchev–Trinajstić information content (AvgIpc) is 2.73. The van der Waals surface area contributed by atoms with Gasteiger partial charge in [-0.2, -0.15) is 9.78 Å². The van der Waals surface area contributed by atoms with Crippen molar-refractivity contribution in [1.82, 2.24) is 20.1 Å². The van der Waals surface area contributed by atoms with Gasteiger partial charge in [0.05, 0.1) is 18.0 Å². The Morgan fingerprint density at radius 1 is 1.23 bits per heavy atom. The third-order valence-electron chi connectivity index (χ3n) is 4.17. The van der Waals surface area contributed by atoms with Crippen LogP contribution in [0.3, 0.4) is 0 Å². The minimum Gasteiger partial charge on any atom is -0.394 e. The maximum absolute atomic E-state index is 13.7. The highest BCUT2D eigenvalue weighted by molar-refractivity contribution is 5.95. The summed E-state index contributed by atoms with van der Waals surface area (Å²) in [6.45, 7) is 1.19. The van der Waals surface area contributed by atoms with Crippen LogP contribution in [0.1, 0.15) is 29.4 Å². The third kappa shape index (κ3) is 4.54. The van der Waals surface area contributed by atoms with Gasteiger partial charge in [0.25, 0.3) is 17.9 Å². The SMILES string of the molecule is CC(CO)NC(=O)c1cc(-c2ccc(C(F)F)nc2)nn(-c2cccc(F)c2)c1=O. The van der Waals surface area contributed by atoms with Gasteiger partial charge in [0.1, 0.15) is 17.1 Å². The monoisotopic (exact) mass is 418 g/mol. The predicted molar refractivity (Wildman–Crippen MR) is 102 cm³/mol. The Balaban J connectivity index is 2.17. The second-order valence-corrected chi connectivity index (χ2v) is 6.47. The number of carbonyl (C=O) groups excluding carboxylic acids is 1. The number of hydrogen-bond donors (Lipinski definition) is 2. The number of carbonyl (C=O) groups is 1. The fraction of sp³-hybridized carbons (Fsp3) is 0.200. The van der Waals surface area contributed by atoms with Crippen LogP contribution in [-0.4, -0.2) is 38.4 Å². The molecule has 10 heteroatoms. The average molecular weight is 418 g/mol. The molecule has 0 saturated heterocycles. The van der Waals surface area contributed by atoms with Gasteiger partial charge in [-0.15, -0.1) is 0 Å². The number of rotatable bonds is 6. The zero-order chi connectivity index (χ0) is 21.8. The van der Waals surface area contributed by atoms with E-state index < -0.39 is 35.4 Å². The lowest BCUT2D eigenvalue weighted by Gasteiger charge is -2.13. The normalized spacial score (nSPS) is 12.1. The smallest absolute Gasteiger partial charge is 0.284 e. The van der Waals surface area contributed by atoms with Crippen molar-refractivity contribution in [3.63, 3.8) is 0 Å². The van der Waals surface area contributed by atoms with Crippen molar-refractivity contribution in [2.45, 2.75) is 19.4 Å². The molecule has 1 aromatic carbocycles. The molecule has 3 aromatic rings. The lowest BCUT2D eigenvalue weighted by molar-refractivity contribution is 0.0920. The van der Waals surface area contributed by atoms with Crippen LogP contribution in [0.15, 0.2) is 53.5 Å². The van der Waals surface area contributed by atoms with Crippen molar-refractivity contribution in [3.8, 4) is 16.9 Å². The number of benzene rings is 1. The molecule has 0 aliphatic rings. The summed E-state index contributed by atoms with van der Waals surface area (Å²) in [7, 11) is 0. The quantitative estimate of drug-likeness (QED) is 0.641. The summed E-state index contributed by atoms with van der Waals surface area (Å²) in [5.74, 6) is -1.39. The van der Waals surface area contributed by atoms with E-state index >= 15 is 0 Å². The zero-order valence-corrected chi connectivity index (χ0v) is 15.7. The predicted octanol–water partition coefficient (Wildman–Crippen LogP) is 2.48. The standard InChI is InChI=1S/C20H17F3N4O3/c1-11(10-28)25-19(29)15-8-17(12-5-6-16(18(22)23)24-9-12)26-27(20(15)30)14-4-2-3-13(21)7-14/h2-9,11,18,28H,10H2,1H3,(H,25,29). The largest absolute Gasteiger partial charge is 0.394 e. The van der Waals surface area contributed by atoms with E-state index in [2.05, 4.69) is 15.4 Å². The number of nitrogens with zero attached hydrogens (tertiary/aromatic N) is 3. The lowest BCUT2D eigenvalue weighted by atomic mass is 10.1. The number of alkyl halides is 2. The molecule has 1 atom stereocenters. The molecule has 0 spiro atoms. The van der Waals surface area contributed by atoms with E-state index in [1.54, 1.807) is 0 Å². The molecule has 2 aromatic heterocycles. The van der Waals surface area contributed by atoms with Gasteiger partial charge in [-0.1, -0.05) is 6.07 Å². The first-order chi connectivity index (χ1) is 14.3. The van der Waals surface area contributed by atoms with Crippen molar-refractivity contribution in [2.24, 2.45) is 0 Å². The van der Waals surface area contributed by atoms with Crippen LogP contribution < -0.4 is 10.9 Å². The Bertz CT molecular complexity index is 1120. The van der Waals surface area contributed by atoms with Crippen molar-refractivity contribution in [3.05, 3.63) is 76.1 Å². The zero-order valence-electron chi connectivity index (χ0n) is 15.7. The van der Waals surface area contributed by atoms with Crippen LogP contribution in [0.2, 0.25) is 0 Å². The molecule has 0 aliphatic heterocycles. The Kier molecular flexibility index (Phi) is 6.26. The van der Waals surface area contributed by atoms with Crippen LogP contribution in [-0.2, 0) is 0 Å². The van der Waals surface area contributed by atoms with Gasteiger partial charge in [-0.05, 0) is 43.3 Å². The molecule has 30 heavy (non-hydrogen) atoms. The number of aliphatic hydroxyl groups excluding tert-OH is 1. The van der Waals surface area contributed by atoms with Crippen molar-refractivity contribution < 1.29 is 23.1 Å². The lowest BCUT2D eigenvalue weighted by Crippen LogP contribution is -2.39. The minimum atomic E-state index is -2.76. The summed E-state index contributed by atoms with van der Waals surface area (Å²) in [4.78, 5) is 29.1. The van der Waals surface area contributed by atoms with Gasteiger partial charge >= 0.3 is 0 Å². The summed E-state index contributed by atoms with van der Waals surface area (Å²) < 4.78 is 40.1. The fourth-order valence-corrected chi connectivity index (χ4v) is 2.61. The highest BCUT2D eigenvalue weighted by Gasteiger charge is 2.19. The number of nitrogens with one attached hydrogen (secondary N) is 1. The number of pyridine rings is 1. The molecule has 156 valence electrons. The number of hydrogen-bond acceptors (Lipinski definition) is 5.